The van der Waals surface area contributed by atoms with E-state index in [4.69, 9.17) is 23.2 Å². The van der Waals surface area contributed by atoms with E-state index in [0.717, 1.165) is 11.1 Å². The number of aromatic nitrogens is 2. The maximum absolute atomic E-state index is 12.4. The highest BCUT2D eigenvalue weighted by atomic mass is 35.5. The van der Waals surface area contributed by atoms with E-state index in [2.05, 4.69) is 15.5 Å². The summed E-state index contributed by atoms with van der Waals surface area (Å²) >= 11 is 12.1. The molecule has 25 heavy (non-hydrogen) atoms. The second-order valence-corrected chi connectivity index (χ2v) is 6.54. The second-order valence-electron chi connectivity index (χ2n) is 5.70. The molecule has 3 rings (SSSR count). The molecule has 0 spiro atoms. The summed E-state index contributed by atoms with van der Waals surface area (Å²) in [5, 5.41) is 20.7. The number of rotatable bonds is 3. The SMILES string of the molecule is Cc1cc(O)c(-c2cc(C(=O)Nc3cc(Cl)ccc3C)[nH]n2)cc1Cl. The van der Waals surface area contributed by atoms with E-state index in [9.17, 15) is 9.90 Å². The Kier molecular flexibility index (Phi) is 4.70. The summed E-state index contributed by atoms with van der Waals surface area (Å²) in [6.45, 7) is 3.67. The third kappa shape index (κ3) is 3.62. The van der Waals surface area contributed by atoms with Gasteiger partial charge in [-0.25, -0.2) is 0 Å². The van der Waals surface area contributed by atoms with Gasteiger partial charge in [0.25, 0.3) is 5.91 Å². The van der Waals surface area contributed by atoms with Gasteiger partial charge in [-0.2, -0.15) is 5.10 Å². The van der Waals surface area contributed by atoms with E-state index < -0.39 is 0 Å². The molecule has 7 heteroatoms. The van der Waals surface area contributed by atoms with Crippen LogP contribution in [0.3, 0.4) is 0 Å². The lowest BCUT2D eigenvalue weighted by Gasteiger charge is -2.07. The standard InChI is InChI=1S/C18H15Cl2N3O2/c1-9-3-4-11(19)6-14(9)21-18(25)16-8-15(22-23-16)12-7-13(20)10(2)5-17(12)24/h3-8,24H,1-2H3,(H,21,25)(H,22,23). The van der Waals surface area contributed by atoms with Gasteiger partial charge < -0.3 is 10.4 Å². The van der Waals surface area contributed by atoms with Crippen LogP contribution in [0.15, 0.2) is 36.4 Å². The monoisotopic (exact) mass is 375 g/mol. The molecule has 0 atom stereocenters. The van der Waals surface area contributed by atoms with Crippen molar-refractivity contribution in [1.82, 2.24) is 10.2 Å². The maximum Gasteiger partial charge on any atom is 0.273 e. The summed E-state index contributed by atoms with van der Waals surface area (Å²) in [5.41, 5.74) is 3.39. The number of phenols is 1. The number of aromatic hydroxyl groups is 1. The Bertz CT molecular complexity index is 967. The highest BCUT2D eigenvalue weighted by molar-refractivity contribution is 6.31. The Morgan fingerprint density at radius 2 is 1.88 bits per heavy atom. The van der Waals surface area contributed by atoms with Crippen LogP contribution >= 0.6 is 23.2 Å². The Morgan fingerprint density at radius 1 is 1.12 bits per heavy atom. The zero-order chi connectivity index (χ0) is 18.1. The molecule has 0 aliphatic rings. The van der Waals surface area contributed by atoms with Crippen molar-refractivity contribution in [3.05, 3.63) is 63.3 Å². The fourth-order valence-corrected chi connectivity index (χ4v) is 2.70. The third-order valence-corrected chi connectivity index (χ3v) is 4.47. The molecule has 128 valence electrons. The van der Waals surface area contributed by atoms with Crippen LogP contribution in [-0.2, 0) is 0 Å². The Balaban J connectivity index is 1.87. The van der Waals surface area contributed by atoms with Crippen molar-refractivity contribution in [2.75, 3.05) is 5.32 Å². The zero-order valence-electron chi connectivity index (χ0n) is 13.5. The number of carbonyl (C=O) groups excluding carboxylic acids is 1. The van der Waals surface area contributed by atoms with Gasteiger partial charge in [0.1, 0.15) is 11.4 Å². The quantitative estimate of drug-likeness (QED) is 0.605. The van der Waals surface area contributed by atoms with E-state index in [1.807, 2.05) is 13.0 Å². The van der Waals surface area contributed by atoms with Crippen LogP contribution in [0, 0.1) is 13.8 Å². The number of halogens is 2. The number of H-pyrrole nitrogens is 1. The van der Waals surface area contributed by atoms with E-state index in [1.54, 1.807) is 37.3 Å². The van der Waals surface area contributed by atoms with Gasteiger partial charge in [0, 0.05) is 21.3 Å². The van der Waals surface area contributed by atoms with Crippen LogP contribution in [0.2, 0.25) is 10.0 Å². The van der Waals surface area contributed by atoms with Gasteiger partial charge in [0.15, 0.2) is 0 Å². The van der Waals surface area contributed by atoms with Gasteiger partial charge in [-0.05, 0) is 55.3 Å². The van der Waals surface area contributed by atoms with Gasteiger partial charge in [-0.15, -0.1) is 0 Å². The van der Waals surface area contributed by atoms with E-state index >= 15 is 0 Å². The van der Waals surface area contributed by atoms with Gasteiger partial charge in [-0.1, -0.05) is 29.3 Å². The minimum absolute atomic E-state index is 0.0473. The first kappa shape index (κ1) is 17.3. The van der Waals surface area contributed by atoms with Gasteiger partial charge in [-0.3, -0.25) is 9.89 Å². The molecule has 0 unspecified atom stereocenters. The molecule has 0 fully saturated rings. The Labute approximate surface area is 154 Å². The lowest BCUT2D eigenvalue weighted by Crippen LogP contribution is -2.13. The number of nitrogens with one attached hydrogen (secondary N) is 2. The number of benzene rings is 2. The molecule has 0 aliphatic heterocycles. The highest BCUT2D eigenvalue weighted by Gasteiger charge is 2.15. The summed E-state index contributed by atoms with van der Waals surface area (Å²) in [6.07, 6.45) is 0. The topological polar surface area (TPSA) is 78.0 Å². The average Bonchev–Trinajstić information content (AvgIpc) is 3.04. The third-order valence-electron chi connectivity index (χ3n) is 3.82. The normalized spacial score (nSPS) is 10.7. The first-order chi connectivity index (χ1) is 11.8. The molecular formula is C18H15Cl2N3O2. The predicted molar refractivity (Wildman–Crippen MR) is 99.6 cm³/mol. The number of nitrogens with zero attached hydrogens (tertiary/aromatic N) is 1. The molecule has 0 saturated carbocycles. The molecule has 0 saturated heterocycles. The molecule has 3 aromatic rings. The number of aryl methyl sites for hydroxylation is 2. The summed E-state index contributed by atoms with van der Waals surface area (Å²) < 4.78 is 0. The lowest BCUT2D eigenvalue weighted by molar-refractivity contribution is 0.102. The summed E-state index contributed by atoms with van der Waals surface area (Å²) in [7, 11) is 0. The molecule has 3 N–H and O–H groups in total. The fraction of sp³-hybridized carbons (Fsp3) is 0.111. The van der Waals surface area contributed by atoms with Crippen LogP contribution in [0.4, 0.5) is 5.69 Å². The average molecular weight is 376 g/mol. The van der Waals surface area contributed by atoms with Crippen molar-refractivity contribution in [2.24, 2.45) is 0 Å². The van der Waals surface area contributed by atoms with E-state index in [1.165, 1.54) is 0 Å². The maximum atomic E-state index is 12.4. The van der Waals surface area contributed by atoms with Crippen molar-refractivity contribution in [2.45, 2.75) is 13.8 Å². The summed E-state index contributed by atoms with van der Waals surface area (Å²) in [5.74, 6) is -0.312. The van der Waals surface area contributed by atoms with Crippen LogP contribution in [0.25, 0.3) is 11.3 Å². The predicted octanol–water partition coefficient (Wildman–Crippen LogP) is 4.96. The number of phenolic OH excluding ortho intramolecular Hbond substituents is 1. The van der Waals surface area contributed by atoms with Crippen molar-refractivity contribution in [1.29, 1.82) is 0 Å². The number of hydrogen-bond acceptors (Lipinski definition) is 3. The Hall–Kier alpha value is -2.50. The van der Waals surface area contributed by atoms with Crippen LogP contribution in [-0.4, -0.2) is 21.2 Å². The molecule has 5 nitrogen and oxygen atoms in total. The van der Waals surface area contributed by atoms with Crippen molar-refractivity contribution in [3.8, 4) is 17.0 Å². The van der Waals surface area contributed by atoms with Gasteiger partial charge in [0.2, 0.25) is 0 Å². The summed E-state index contributed by atoms with van der Waals surface area (Å²) in [4.78, 5) is 12.4. The minimum Gasteiger partial charge on any atom is -0.507 e. The summed E-state index contributed by atoms with van der Waals surface area (Å²) in [6, 6.07) is 9.98. The largest absolute Gasteiger partial charge is 0.507 e. The first-order valence-electron chi connectivity index (χ1n) is 7.47. The van der Waals surface area contributed by atoms with Crippen molar-refractivity contribution < 1.29 is 9.90 Å². The van der Waals surface area contributed by atoms with Crippen LogP contribution in [0.5, 0.6) is 5.75 Å². The first-order valence-corrected chi connectivity index (χ1v) is 8.23. The van der Waals surface area contributed by atoms with E-state index in [0.29, 0.717) is 27.0 Å². The number of carbonyl (C=O) groups is 1. The minimum atomic E-state index is -0.359. The van der Waals surface area contributed by atoms with Crippen molar-refractivity contribution >= 4 is 34.8 Å². The Morgan fingerprint density at radius 3 is 2.64 bits per heavy atom. The van der Waals surface area contributed by atoms with Gasteiger partial charge >= 0.3 is 0 Å². The second kappa shape index (κ2) is 6.78. The van der Waals surface area contributed by atoms with Crippen LogP contribution < -0.4 is 5.32 Å². The number of hydrogen-bond donors (Lipinski definition) is 3. The number of anilines is 1. The van der Waals surface area contributed by atoms with Gasteiger partial charge in [0.05, 0.1) is 5.69 Å². The molecule has 0 aliphatic carbocycles. The number of aromatic amines is 1. The van der Waals surface area contributed by atoms with Crippen molar-refractivity contribution in [3.63, 3.8) is 0 Å². The molecule has 0 bridgehead atoms. The molecule has 1 aromatic heterocycles. The number of amides is 1. The molecule has 1 amide bonds. The fourth-order valence-electron chi connectivity index (χ4n) is 2.37. The molecular weight excluding hydrogens is 361 g/mol. The molecule has 2 aromatic carbocycles. The molecule has 1 heterocycles. The zero-order valence-corrected chi connectivity index (χ0v) is 15.0. The lowest BCUT2D eigenvalue weighted by atomic mass is 10.1. The van der Waals surface area contributed by atoms with Crippen LogP contribution in [0.1, 0.15) is 21.6 Å². The highest BCUT2D eigenvalue weighted by Crippen LogP contribution is 2.33. The smallest absolute Gasteiger partial charge is 0.273 e. The molecule has 0 radical (unpaired) electrons. The van der Waals surface area contributed by atoms with E-state index in [-0.39, 0.29) is 17.4 Å².